The fourth-order valence-corrected chi connectivity index (χ4v) is 5.66. The number of amides is 1. The number of hydrogen-bond acceptors (Lipinski definition) is 6. The zero-order valence-corrected chi connectivity index (χ0v) is 19.4. The van der Waals surface area contributed by atoms with Crippen molar-refractivity contribution in [1.82, 2.24) is 10.2 Å². The number of piperidine rings is 1. The molecule has 5 rings (SSSR count). The van der Waals surface area contributed by atoms with Gasteiger partial charge in [-0.3, -0.25) is 14.8 Å². The summed E-state index contributed by atoms with van der Waals surface area (Å²) in [5.41, 5.74) is 3.92. The number of aliphatic imine (C=N–C) groups is 1. The van der Waals surface area contributed by atoms with E-state index in [1.807, 2.05) is 29.4 Å². The number of hydrogen-bond donors (Lipinski definition) is 3. The molecule has 2 fully saturated rings. The monoisotopic (exact) mass is 464 g/mol. The van der Waals surface area contributed by atoms with Gasteiger partial charge in [0.05, 0.1) is 24.3 Å². The minimum atomic E-state index is -0.969. The van der Waals surface area contributed by atoms with E-state index >= 15 is 0 Å². The van der Waals surface area contributed by atoms with Crippen LogP contribution in [0.25, 0.3) is 0 Å². The standard InChI is InChI=1S/C26H32N4O4/c1-17-8-9-20-22(13-17)30(21-6-2-3-7-23(21)31)16-27-25(20)29-11-4-5-18(14-29)24(28-26(32)33)19-10-12-34-15-19/h2-3,6-9,13,16,18-19,24-25,28,31H,4-5,10-12,14-15H2,1H3,(H,32,33)/t18?,19?,24-,25-/m0/s1. The fraction of sp³-hybridized carbons (Fsp3) is 0.462. The highest BCUT2D eigenvalue weighted by atomic mass is 16.5. The lowest BCUT2D eigenvalue weighted by atomic mass is 9.82. The van der Waals surface area contributed by atoms with Gasteiger partial charge in [0.15, 0.2) is 0 Å². The Hall–Kier alpha value is -3.10. The lowest BCUT2D eigenvalue weighted by Crippen LogP contribution is -2.51. The Morgan fingerprint density at radius 3 is 2.79 bits per heavy atom. The van der Waals surface area contributed by atoms with E-state index in [9.17, 15) is 15.0 Å². The van der Waals surface area contributed by atoms with Crippen LogP contribution < -0.4 is 10.2 Å². The summed E-state index contributed by atoms with van der Waals surface area (Å²) in [5.74, 6) is 0.624. The van der Waals surface area contributed by atoms with Gasteiger partial charge in [-0.2, -0.15) is 0 Å². The number of para-hydroxylation sites is 2. The molecule has 0 radical (unpaired) electrons. The van der Waals surface area contributed by atoms with E-state index in [1.54, 1.807) is 6.07 Å². The first-order valence-electron chi connectivity index (χ1n) is 12.0. The summed E-state index contributed by atoms with van der Waals surface area (Å²) in [4.78, 5) is 20.8. The highest BCUT2D eigenvalue weighted by molar-refractivity contribution is 5.94. The molecule has 3 aliphatic heterocycles. The number of rotatable bonds is 5. The maximum atomic E-state index is 11.6. The molecule has 2 aromatic carbocycles. The molecule has 8 heteroatoms. The first-order valence-corrected chi connectivity index (χ1v) is 12.0. The van der Waals surface area contributed by atoms with Crippen molar-refractivity contribution in [3.8, 4) is 5.75 Å². The first kappa shape index (κ1) is 22.7. The van der Waals surface area contributed by atoms with Gasteiger partial charge in [-0.05, 0) is 55.9 Å². The van der Waals surface area contributed by atoms with Crippen LogP contribution in [0.5, 0.6) is 5.75 Å². The van der Waals surface area contributed by atoms with Crippen molar-refractivity contribution in [2.24, 2.45) is 16.8 Å². The van der Waals surface area contributed by atoms with E-state index in [-0.39, 0.29) is 29.8 Å². The summed E-state index contributed by atoms with van der Waals surface area (Å²) in [7, 11) is 0. The molecule has 0 aromatic heterocycles. The van der Waals surface area contributed by atoms with Crippen molar-refractivity contribution in [2.45, 2.75) is 38.4 Å². The van der Waals surface area contributed by atoms with Crippen LogP contribution in [-0.4, -0.2) is 59.9 Å². The maximum Gasteiger partial charge on any atom is 0.404 e. The third-order valence-electron chi connectivity index (χ3n) is 7.29. The molecule has 3 aliphatic rings. The van der Waals surface area contributed by atoms with Crippen LogP contribution >= 0.6 is 0 Å². The zero-order valence-electron chi connectivity index (χ0n) is 19.4. The Balaban J connectivity index is 1.43. The van der Waals surface area contributed by atoms with Crippen molar-refractivity contribution >= 4 is 23.8 Å². The van der Waals surface area contributed by atoms with Gasteiger partial charge >= 0.3 is 6.09 Å². The van der Waals surface area contributed by atoms with E-state index in [2.05, 4.69) is 35.3 Å². The predicted octanol–water partition coefficient (Wildman–Crippen LogP) is 4.26. The normalized spacial score (nSPS) is 25.7. The Bertz CT molecular complexity index is 1070. The van der Waals surface area contributed by atoms with Gasteiger partial charge in [0.25, 0.3) is 0 Å². The molecule has 8 nitrogen and oxygen atoms in total. The number of aryl methyl sites for hydroxylation is 1. The number of likely N-dealkylation sites (tertiary alicyclic amines) is 1. The van der Waals surface area contributed by atoms with E-state index in [1.165, 1.54) is 0 Å². The van der Waals surface area contributed by atoms with Crippen molar-refractivity contribution in [3.05, 3.63) is 53.6 Å². The average Bonchev–Trinajstić information content (AvgIpc) is 3.37. The topological polar surface area (TPSA) is 97.6 Å². The molecule has 2 saturated heterocycles. The van der Waals surface area contributed by atoms with Crippen molar-refractivity contribution < 1.29 is 19.7 Å². The van der Waals surface area contributed by atoms with Crippen LogP contribution in [0.1, 0.15) is 36.6 Å². The molecule has 34 heavy (non-hydrogen) atoms. The quantitative estimate of drug-likeness (QED) is 0.612. The highest BCUT2D eigenvalue weighted by Crippen LogP contribution is 2.42. The minimum Gasteiger partial charge on any atom is -0.506 e. The van der Waals surface area contributed by atoms with Crippen LogP contribution in [0.4, 0.5) is 16.2 Å². The largest absolute Gasteiger partial charge is 0.506 e. The van der Waals surface area contributed by atoms with Crippen molar-refractivity contribution in [1.29, 1.82) is 0 Å². The average molecular weight is 465 g/mol. The zero-order chi connectivity index (χ0) is 23.7. The van der Waals surface area contributed by atoms with Gasteiger partial charge in [0, 0.05) is 37.2 Å². The highest BCUT2D eigenvalue weighted by Gasteiger charge is 2.38. The lowest BCUT2D eigenvalue weighted by Gasteiger charge is -2.43. The molecule has 0 aliphatic carbocycles. The summed E-state index contributed by atoms with van der Waals surface area (Å²) in [6.07, 6.45) is 3.56. The van der Waals surface area contributed by atoms with Crippen LogP contribution in [0.2, 0.25) is 0 Å². The summed E-state index contributed by atoms with van der Waals surface area (Å²) >= 11 is 0. The number of nitrogens with one attached hydrogen (secondary N) is 1. The molecular weight excluding hydrogens is 432 g/mol. The molecule has 0 saturated carbocycles. The number of ether oxygens (including phenoxy) is 1. The fourth-order valence-electron chi connectivity index (χ4n) is 5.66. The Labute approximate surface area is 199 Å². The van der Waals surface area contributed by atoms with Gasteiger partial charge in [-0.15, -0.1) is 0 Å². The van der Waals surface area contributed by atoms with Crippen LogP contribution in [0, 0.1) is 18.8 Å². The molecule has 2 unspecified atom stereocenters. The molecule has 0 bridgehead atoms. The molecular formula is C26H32N4O4. The SMILES string of the molecule is Cc1ccc2c(c1)N(c1ccccc1O)C=N[C@H]2N1CCCC([C@H](NC(=O)O)C2CCOC2)C1. The summed E-state index contributed by atoms with van der Waals surface area (Å²) < 4.78 is 5.58. The first-order chi connectivity index (χ1) is 16.5. The molecule has 180 valence electrons. The number of anilines is 2. The van der Waals surface area contributed by atoms with Gasteiger partial charge in [0.2, 0.25) is 0 Å². The molecule has 3 N–H and O–H groups in total. The second-order valence-electron chi connectivity index (χ2n) is 9.56. The number of phenols is 1. The third kappa shape index (κ3) is 4.48. The van der Waals surface area contributed by atoms with E-state index in [0.29, 0.717) is 18.9 Å². The predicted molar refractivity (Wildman–Crippen MR) is 131 cm³/mol. The number of carbonyl (C=O) groups is 1. The second-order valence-corrected chi connectivity index (χ2v) is 9.56. The Morgan fingerprint density at radius 2 is 2.03 bits per heavy atom. The summed E-state index contributed by atoms with van der Waals surface area (Å²) in [6.45, 7) is 5.05. The molecule has 3 heterocycles. The summed E-state index contributed by atoms with van der Waals surface area (Å²) in [6, 6.07) is 13.5. The lowest BCUT2D eigenvalue weighted by molar-refractivity contribution is 0.0839. The van der Waals surface area contributed by atoms with Crippen LogP contribution in [-0.2, 0) is 4.74 Å². The van der Waals surface area contributed by atoms with E-state index in [4.69, 9.17) is 9.73 Å². The van der Waals surface area contributed by atoms with Gasteiger partial charge in [-0.25, -0.2) is 4.79 Å². The smallest absolute Gasteiger partial charge is 0.404 e. The molecule has 4 atom stereocenters. The number of carboxylic acid groups (broad SMARTS) is 1. The van der Waals surface area contributed by atoms with Gasteiger partial charge < -0.3 is 20.3 Å². The van der Waals surface area contributed by atoms with E-state index < -0.39 is 6.09 Å². The minimum absolute atomic E-state index is 0.120. The number of fused-ring (bicyclic) bond motifs is 1. The Morgan fingerprint density at radius 1 is 1.18 bits per heavy atom. The van der Waals surface area contributed by atoms with E-state index in [0.717, 1.165) is 49.2 Å². The number of phenolic OH excluding ortho intramolecular Hbond substituents is 1. The van der Waals surface area contributed by atoms with Gasteiger partial charge in [0.1, 0.15) is 11.9 Å². The number of aromatic hydroxyl groups is 1. The molecule has 1 amide bonds. The van der Waals surface area contributed by atoms with Gasteiger partial charge in [-0.1, -0.05) is 24.3 Å². The molecule has 2 aromatic rings. The Kier molecular flexibility index (Phi) is 6.43. The second kappa shape index (κ2) is 9.64. The maximum absolute atomic E-state index is 11.6. The van der Waals surface area contributed by atoms with Crippen LogP contribution in [0.3, 0.4) is 0 Å². The summed E-state index contributed by atoms with van der Waals surface area (Å²) in [5, 5.41) is 22.8. The third-order valence-corrected chi connectivity index (χ3v) is 7.29. The number of benzene rings is 2. The van der Waals surface area contributed by atoms with Crippen molar-refractivity contribution in [3.63, 3.8) is 0 Å². The number of nitrogens with zero attached hydrogens (tertiary/aromatic N) is 3. The van der Waals surface area contributed by atoms with Crippen molar-refractivity contribution in [2.75, 3.05) is 31.2 Å². The van der Waals surface area contributed by atoms with Crippen LogP contribution in [0.15, 0.2) is 47.5 Å². The molecule has 0 spiro atoms.